The van der Waals surface area contributed by atoms with Crippen LogP contribution < -0.4 is 11.5 Å². The molecule has 262 valence electrons. The molecule has 11 N–H and O–H groups in total. The fraction of sp³-hybridized carbons (Fsp3) is 0.429. The van der Waals surface area contributed by atoms with Crippen molar-refractivity contribution >= 4 is 46.4 Å². The van der Waals surface area contributed by atoms with Crippen molar-refractivity contribution in [2.75, 3.05) is 18.9 Å². The number of rotatable bonds is 16. The van der Waals surface area contributed by atoms with Gasteiger partial charge in [-0.1, -0.05) is 19.2 Å². The van der Waals surface area contributed by atoms with E-state index in [0.29, 0.717) is 6.42 Å². The largest absolute Gasteiger partial charge is 2.00 e. The van der Waals surface area contributed by atoms with E-state index >= 15 is 0 Å². The fourth-order valence-corrected chi connectivity index (χ4v) is 6.73. The summed E-state index contributed by atoms with van der Waals surface area (Å²) in [6.45, 7) is -0.998. The van der Waals surface area contributed by atoms with Gasteiger partial charge >= 0.3 is 42.9 Å². The second kappa shape index (κ2) is 16.2. The number of nitrogens with two attached hydrogens (primary N) is 2. The predicted molar refractivity (Wildman–Crippen MR) is 153 cm³/mol. The van der Waals surface area contributed by atoms with Gasteiger partial charge in [-0.25, -0.2) is 18.7 Å². The quantitative estimate of drug-likeness (QED) is 0.0492. The number of anilines is 1. The molecule has 2 aromatic heterocycles. The first-order valence-corrected chi connectivity index (χ1v) is 17.5. The topological polar surface area (TPSA) is 355 Å². The van der Waals surface area contributed by atoms with Gasteiger partial charge in [-0.15, -0.1) is 0 Å². The predicted octanol–water partition coefficient (Wildman–Crippen LogP) is -2.26. The van der Waals surface area contributed by atoms with Gasteiger partial charge in [0, 0.05) is 18.0 Å². The van der Waals surface area contributed by atoms with E-state index < -0.39 is 79.3 Å². The first-order chi connectivity index (χ1) is 21.9. The van der Waals surface area contributed by atoms with Crippen molar-refractivity contribution in [3.05, 3.63) is 49.7 Å². The molecule has 48 heavy (non-hydrogen) atoms. The van der Waals surface area contributed by atoms with Crippen LogP contribution in [0.3, 0.4) is 0 Å². The zero-order chi connectivity index (χ0) is 34.7. The Labute approximate surface area is 283 Å². The van der Waals surface area contributed by atoms with Crippen LogP contribution >= 0.6 is 23.5 Å². The molecule has 4 heterocycles. The summed E-state index contributed by atoms with van der Waals surface area (Å²) in [6, 6.07) is 0. The second-order valence-electron chi connectivity index (χ2n) is 9.73. The van der Waals surface area contributed by atoms with E-state index in [1.807, 2.05) is 0 Å². The molecule has 8 atom stereocenters. The first kappa shape index (κ1) is 40.2. The molecule has 0 aromatic carbocycles. The summed E-state index contributed by atoms with van der Waals surface area (Å²) in [5.74, 6) is -0.745. The van der Waals surface area contributed by atoms with E-state index in [9.17, 15) is 53.4 Å². The number of aliphatic hydroxyl groups excluding tert-OH is 3. The van der Waals surface area contributed by atoms with Crippen molar-refractivity contribution in [3.63, 3.8) is 0 Å². The van der Waals surface area contributed by atoms with Gasteiger partial charge in [0.15, 0.2) is 6.23 Å². The van der Waals surface area contributed by atoms with Gasteiger partial charge in [-0.05, 0) is 18.9 Å². The van der Waals surface area contributed by atoms with E-state index in [1.54, 1.807) is 0 Å². The summed E-state index contributed by atoms with van der Waals surface area (Å²) >= 11 is 0. The number of nitrogen functional groups attached to an aromatic ring is 1. The number of hydrogen-bond acceptors (Lipinski definition) is 17. The molecule has 1 saturated heterocycles. The Morgan fingerprint density at radius 1 is 1.10 bits per heavy atom. The minimum Gasteiger partial charge on any atom is -0.451 e. The number of imidazole rings is 1. The van der Waals surface area contributed by atoms with Crippen molar-refractivity contribution in [2.24, 2.45) is 5.73 Å². The van der Waals surface area contributed by atoms with E-state index in [-0.39, 0.29) is 48.5 Å². The van der Waals surface area contributed by atoms with Gasteiger partial charge in [0.25, 0.3) is 0 Å². The van der Waals surface area contributed by atoms with Gasteiger partial charge in [0.05, 0.1) is 23.9 Å². The number of phosphoric ester groups is 3. The molecule has 0 radical (unpaired) electrons. The molecule has 0 spiro atoms. The van der Waals surface area contributed by atoms with Crippen LogP contribution in [0, 0.1) is 13.0 Å². The number of aromatic nitrogens is 4. The summed E-state index contributed by atoms with van der Waals surface area (Å²) in [4.78, 5) is 62.8. The zero-order valence-corrected chi connectivity index (χ0v) is 30.0. The van der Waals surface area contributed by atoms with E-state index in [2.05, 4.69) is 32.8 Å². The summed E-state index contributed by atoms with van der Waals surface area (Å²) in [7, 11) is -16.1. The minimum absolute atomic E-state index is 0. The van der Waals surface area contributed by atoms with Crippen LogP contribution in [0.2, 0.25) is 0 Å². The molecule has 0 saturated carbocycles. The summed E-state index contributed by atoms with van der Waals surface area (Å²) < 4.78 is 60.7. The van der Waals surface area contributed by atoms with Crippen LogP contribution in [-0.2, 0) is 60.6 Å². The van der Waals surface area contributed by atoms with Gasteiger partial charge in [-0.2, -0.15) is 4.31 Å². The molecule has 1 fully saturated rings. The number of allylic oxidation sites excluding steroid dienone is 1. The molecule has 4 rings (SSSR count). The third kappa shape index (κ3) is 10.7. The average molecular weight is 795 g/mol. The maximum Gasteiger partial charge on any atom is 2.00 e. The molecule has 2 aliphatic rings. The number of carbonyl (C=O) groups excluding carboxylic acids is 1. The molecule has 2 aliphatic heterocycles. The van der Waals surface area contributed by atoms with Crippen LogP contribution in [0.4, 0.5) is 5.82 Å². The Bertz CT molecular complexity index is 1660. The number of amides is 1. The SMILES string of the molecule is NC(=O)C1=CN(C2O[C@H](COP(=O)(O)OP(=O)(O)OC[CH-][C@@H](O)[C@H]([CH-]n3cnc4c(N)ncnc43)OP(=O)(O)O)C(O)C2O)C=CC1.[Zn+2]. The Morgan fingerprint density at radius 2 is 1.79 bits per heavy atom. The molecule has 0 bridgehead atoms. The standard InChI is InChI=1S/C21H30N7O16P3.Zn/c22-18-15-20(25-9-24-18)28(10-26-15)7-13(43-45(33,34)35)12(29)3-5-40-46(36,37)44-47(38,39)41-8-14-16(30)17(31)21(42-14)27-4-1-2-11(6-27)19(23)32;/h1,3-4,6-7,9-10,12-14,16-17,21,29-31H,2,5,8H2,(H2,23,32)(H,36,37)(H,38,39)(H2,22,24,25)(H2,33,34,35);/q-2;+2/t12-,13+,14-,16?,17?,21?;/m1./s1. The monoisotopic (exact) mass is 793 g/mol. The van der Waals surface area contributed by atoms with Gasteiger partial charge in [0.1, 0.15) is 30.5 Å². The summed E-state index contributed by atoms with van der Waals surface area (Å²) in [5.41, 5.74) is 11.3. The maximum absolute atomic E-state index is 12.4. The van der Waals surface area contributed by atoms with Crippen LogP contribution in [0.1, 0.15) is 6.42 Å². The molecule has 0 aliphatic carbocycles. The maximum atomic E-state index is 12.4. The normalized spacial score (nSPS) is 25.1. The van der Waals surface area contributed by atoms with Gasteiger partial charge < -0.3 is 70.1 Å². The van der Waals surface area contributed by atoms with E-state index in [4.69, 9.17) is 16.2 Å². The smallest absolute Gasteiger partial charge is 0.451 e. The Balaban J connectivity index is 0.00000625. The van der Waals surface area contributed by atoms with Crippen LogP contribution in [-0.4, -0.2) is 115 Å². The number of nitrogens with zero attached hydrogens (tertiary/aromatic N) is 5. The van der Waals surface area contributed by atoms with E-state index in [1.165, 1.54) is 23.4 Å². The summed E-state index contributed by atoms with van der Waals surface area (Å²) in [6.07, 6.45) is -2.42. The van der Waals surface area contributed by atoms with Crippen molar-refractivity contribution in [3.8, 4) is 0 Å². The Kier molecular flexibility index (Phi) is 13.6. The van der Waals surface area contributed by atoms with Gasteiger partial charge in [-0.3, -0.25) is 25.2 Å². The zero-order valence-electron chi connectivity index (χ0n) is 24.4. The number of aliphatic hydroxyl groups is 3. The number of primary amides is 1. The molecule has 2 aromatic rings. The Morgan fingerprint density at radius 3 is 2.46 bits per heavy atom. The first-order valence-electron chi connectivity index (χ1n) is 13.0. The van der Waals surface area contributed by atoms with E-state index in [0.717, 1.165) is 23.8 Å². The molecule has 23 nitrogen and oxygen atoms in total. The fourth-order valence-electron chi connectivity index (χ4n) is 4.20. The van der Waals surface area contributed by atoms with Crippen LogP contribution in [0.15, 0.2) is 36.7 Å². The average Bonchev–Trinajstić information content (AvgIpc) is 3.51. The number of hydrogen-bond donors (Lipinski definition) is 9. The second-order valence-corrected chi connectivity index (χ2v) is 14.0. The Hall–Kier alpha value is -2.20. The third-order valence-electron chi connectivity index (χ3n) is 6.34. The number of ether oxygens (including phenoxy) is 1. The van der Waals surface area contributed by atoms with Crippen molar-refractivity contribution in [1.29, 1.82) is 0 Å². The van der Waals surface area contributed by atoms with Crippen LogP contribution in [0.25, 0.3) is 11.2 Å². The third-order valence-corrected chi connectivity index (χ3v) is 9.46. The van der Waals surface area contributed by atoms with Gasteiger partial charge in [0.2, 0.25) is 5.91 Å². The number of carbonyl (C=O) groups is 1. The molecular formula is C21H30N7O16P3Zn. The molecule has 1 amide bonds. The minimum atomic E-state index is -5.43. The number of phosphoric acid groups is 3. The van der Waals surface area contributed by atoms with Crippen molar-refractivity contribution < 1.29 is 95.5 Å². The molecule has 5 unspecified atom stereocenters. The summed E-state index contributed by atoms with van der Waals surface area (Å²) in [5, 5.41) is 31.2. The molecule has 27 heteroatoms. The molecular weight excluding hydrogens is 765 g/mol. The van der Waals surface area contributed by atoms with Crippen LogP contribution in [0.5, 0.6) is 0 Å². The number of fused-ring (bicyclic) bond motifs is 1. The van der Waals surface area contributed by atoms with Crippen molar-refractivity contribution in [2.45, 2.75) is 43.2 Å². The van der Waals surface area contributed by atoms with Crippen molar-refractivity contribution in [1.82, 2.24) is 24.4 Å².